The van der Waals surface area contributed by atoms with Crippen molar-refractivity contribution in [2.45, 2.75) is 38.3 Å². The Balaban J connectivity index is 1.52. The molecule has 1 fully saturated rings. The van der Waals surface area contributed by atoms with E-state index in [0.29, 0.717) is 12.5 Å². The third-order valence-electron chi connectivity index (χ3n) is 4.51. The Morgan fingerprint density at radius 2 is 2.08 bits per heavy atom. The zero-order valence-corrected chi connectivity index (χ0v) is 14.0. The van der Waals surface area contributed by atoms with Gasteiger partial charge < -0.3 is 10.4 Å². The van der Waals surface area contributed by atoms with Crippen LogP contribution in [0.1, 0.15) is 35.8 Å². The van der Waals surface area contributed by atoms with Gasteiger partial charge in [0, 0.05) is 24.2 Å². The Kier molecular flexibility index (Phi) is 4.15. The lowest BCUT2D eigenvalue weighted by atomic mass is 9.80. The van der Waals surface area contributed by atoms with Gasteiger partial charge in [-0.2, -0.15) is 5.10 Å². The summed E-state index contributed by atoms with van der Waals surface area (Å²) in [6, 6.07) is 10.0. The highest BCUT2D eigenvalue weighted by Crippen LogP contribution is 2.36. The Morgan fingerprint density at radius 3 is 2.84 bits per heavy atom. The maximum atomic E-state index is 9.52. The van der Waals surface area contributed by atoms with Crippen LogP contribution in [0, 0.1) is 6.92 Å². The molecule has 0 unspecified atom stereocenters. The highest BCUT2D eigenvalue weighted by Gasteiger charge is 2.30. The summed E-state index contributed by atoms with van der Waals surface area (Å²) in [5.74, 6) is 1.88. The van der Waals surface area contributed by atoms with Gasteiger partial charge in [-0.1, -0.05) is 18.2 Å². The number of aliphatic hydroxyl groups excluding tert-OH is 1. The zero-order chi connectivity index (χ0) is 17.2. The number of nitrogens with one attached hydrogen (secondary N) is 1. The van der Waals surface area contributed by atoms with Crippen molar-refractivity contribution in [3.63, 3.8) is 0 Å². The smallest absolute Gasteiger partial charge is 0.138 e. The molecule has 0 radical (unpaired) electrons. The minimum atomic E-state index is -0.189. The van der Waals surface area contributed by atoms with Crippen LogP contribution in [0.25, 0.3) is 5.69 Å². The maximum absolute atomic E-state index is 9.52. The zero-order valence-electron chi connectivity index (χ0n) is 14.0. The van der Waals surface area contributed by atoms with Gasteiger partial charge in [0.1, 0.15) is 24.3 Å². The van der Waals surface area contributed by atoms with Crippen molar-refractivity contribution < 1.29 is 5.11 Å². The third kappa shape index (κ3) is 3.36. The van der Waals surface area contributed by atoms with Crippen LogP contribution >= 0.6 is 0 Å². The van der Waals surface area contributed by atoms with Crippen molar-refractivity contribution in [1.29, 1.82) is 0 Å². The van der Waals surface area contributed by atoms with E-state index in [2.05, 4.69) is 31.4 Å². The number of aryl methyl sites for hydroxylation is 1. The van der Waals surface area contributed by atoms with Gasteiger partial charge in [-0.3, -0.25) is 0 Å². The lowest BCUT2D eigenvalue weighted by molar-refractivity contribution is 0.0731. The van der Waals surface area contributed by atoms with Crippen molar-refractivity contribution >= 4 is 5.82 Å². The number of benzene rings is 1. The summed E-state index contributed by atoms with van der Waals surface area (Å²) < 4.78 is 1.75. The molecule has 3 aromatic rings. The van der Waals surface area contributed by atoms with E-state index < -0.39 is 0 Å². The Hall–Kier alpha value is -2.80. The van der Waals surface area contributed by atoms with Gasteiger partial charge in [0.2, 0.25) is 0 Å². The van der Waals surface area contributed by atoms with Crippen LogP contribution in [0.4, 0.5) is 5.82 Å². The number of hydrogen-bond donors (Lipinski definition) is 2. The average Bonchev–Trinajstić information content (AvgIpc) is 3.11. The second-order valence-corrected chi connectivity index (χ2v) is 6.37. The van der Waals surface area contributed by atoms with E-state index in [9.17, 15) is 5.11 Å². The van der Waals surface area contributed by atoms with E-state index in [1.165, 1.54) is 6.33 Å². The second kappa shape index (κ2) is 6.60. The van der Waals surface area contributed by atoms with E-state index in [4.69, 9.17) is 0 Å². The molecule has 128 valence electrons. The van der Waals surface area contributed by atoms with Crippen LogP contribution in [0.5, 0.6) is 0 Å². The molecule has 1 aliphatic carbocycles. The van der Waals surface area contributed by atoms with Gasteiger partial charge in [-0.25, -0.2) is 19.6 Å². The largest absolute Gasteiger partial charge is 0.393 e. The summed E-state index contributed by atoms with van der Waals surface area (Å²) in [7, 11) is 0. The van der Waals surface area contributed by atoms with Crippen molar-refractivity contribution in [2.24, 2.45) is 0 Å². The Morgan fingerprint density at radius 1 is 1.24 bits per heavy atom. The summed E-state index contributed by atoms with van der Waals surface area (Å²) in [4.78, 5) is 13.0. The molecule has 0 saturated heterocycles. The maximum Gasteiger partial charge on any atom is 0.138 e. The van der Waals surface area contributed by atoms with E-state index >= 15 is 0 Å². The molecule has 4 rings (SSSR count). The number of aliphatic hydroxyl groups is 1. The highest BCUT2D eigenvalue weighted by atomic mass is 16.3. The second-order valence-electron chi connectivity index (χ2n) is 6.37. The fourth-order valence-electron chi connectivity index (χ4n) is 3.12. The summed E-state index contributed by atoms with van der Waals surface area (Å²) in [5, 5.41) is 17.1. The first kappa shape index (κ1) is 15.7. The van der Waals surface area contributed by atoms with E-state index in [-0.39, 0.29) is 6.10 Å². The predicted octanol–water partition coefficient (Wildman–Crippen LogP) is 2.22. The molecule has 2 N–H and O–H groups in total. The first-order chi connectivity index (χ1) is 12.2. The Bertz CT molecular complexity index is 858. The lowest BCUT2D eigenvalue weighted by Gasteiger charge is -2.31. The molecule has 1 saturated carbocycles. The average molecular weight is 336 g/mol. The van der Waals surface area contributed by atoms with E-state index in [0.717, 1.165) is 41.4 Å². The molecule has 1 aromatic carbocycles. The monoisotopic (exact) mass is 336 g/mol. The topological polar surface area (TPSA) is 88.8 Å². The van der Waals surface area contributed by atoms with E-state index in [1.54, 1.807) is 11.0 Å². The van der Waals surface area contributed by atoms with Gasteiger partial charge >= 0.3 is 0 Å². The van der Waals surface area contributed by atoms with Crippen molar-refractivity contribution in [1.82, 2.24) is 24.7 Å². The number of nitrogens with zero attached hydrogens (tertiary/aromatic N) is 5. The number of anilines is 1. The minimum absolute atomic E-state index is 0.189. The molecule has 25 heavy (non-hydrogen) atoms. The van der Waals surface area contributed by atoms with Crippen LogP contribution < -0.4 is 5.32 Å². The number of rotatable bonds is 5. The predicted molar refractivity (Wildman–Crippen MR) is 93.4 cm³/mol. The lowest BCUT2D eigenvalue weighted by Crippen LogP contribution is -2.27. The summed E-state index contributed by atoms with van der Waals surface area (Å²) in [6.07, 6.45) is 4.59. The fourth-order valence-corrected chi connectivity index (χ4v) is 3.12. The summed E-state index contributed by atoms with van der Waals surface area (Å²) >= 11 is 0. The number of para-hydroxylation sites is 1. The molecular weight excluding hydrogens is 316 g/mol. The van der Waals surface area contributed by atoms with Crippen LogP contribution in [0.2, 0.25) is 0 Å². The van der Waals surface area contributed by atoms with Gasteiger partial charge in [-0.15, -0.1) is 0 Å². The SMILES string of the molecule is Cc1nc(NCc2ccccc2-n2cncn2)cc(C2CC(O)C2)n1. The van der Waals surface area contributed by atoms with Crippen molar-refractivity contribution in [2.75, 3.05) is 5.32 Å². The van der Waals surface area contributed by atoms with Gasteiger partial charge in [0.25, 0.3) is 0 Å². The number of aromatic nitrogens is 5. The quantitative estimate of drug-likeness (QED) is 0.743. The van der Waals surface area contributed by atoms with Crippen molar-refractivity contribution in [3.05, 3.63) is 60.1 Å². The van der Waals surface area contributed by atoms with Crippen LogP contribution in [0.3, 0.4) is 0 Å². The summed E-state index contributed by atoms with van der Waals surface area (Å²) in [6.45, 7) is 2.52. The molecule has 7 nitrogen and oxygen atoms in total. The molecule has 2 heterocycles. The Labute approximate surface area is 145 Å². The molecule has 1 aliphatic rings. The molecule has 0 amide bonds. The molecular formula is C18H20N6O. The van der Waals surface area contributed by atoms with Crippen LogP contribution in [-0.2, 0) is 6.54 Å². The molecule has 2 aromatic heterocycles. The third-order valence-corrected chi connectivity index (χ3v) is 4.51. The van der Waals surface area contributed by atoms with Crippen molar-refractivity contribution in [3.8, 4) is 5.69 Å². The fraction of sp³-hybridized carbons (Fsp3) is 0.333. The first-order valence-corrected chi connectivity index (χ1v) is 8.39. The normalized spacial score (nSPS) is 19.4. The minimum Gasteiger partial charge on any atom is -0.393 e. The van der Waals surface area contributed by atoms with E-state index in [1.807, 2.05) is 31.2 Å². The summed E-state index contributed by atoms with van der Waals surface area (Å²) in [5.41, 5.74) is 3.09. The highest BCUT2D eigenvalue weighted by molar-refractivity contribution is 5.44. The molecule has 0 aliphatic heterocycles. The first-order valence-electron chi connectivity index (χ1n) is 8.39. The standard InChI is InChI=1S/C18H20N6O/c1-12-22-16(14-6-15(25)7-14)8-18(23-12)20-9-13-4-2-3-5-17(13)24-11-19-10-21-24/h2-5,8,10-11,14-15,25H,6-7,9H2,1H3,(H,20,22,23). The molecule has 0 atom stereocenters. The van der Waals surface area contributed by atoms with Gasteiger partial charge in [0.05, 0.1) is 11.8 Å². The van der Waals surface area contributed by atoms with Crippen LogP contribution in [-0.4, -0.2) is 35.9 Å². The molecule has 0 spiro atoms. The van der Waals surface area contributed by atoms with Gasteiger partial charge in [-0.05, 0) is 31.4 Å². The number of hydrogen-bond acceptors (Lipinski definition) is 6. The van der Waals surface area contributed by atoms with Crippen LogP contribution in [0.15, 0.2) is 43.0 Å². The van der Waals surface area contributed by atoms with Gasteiger partial charge in [0.15, 0.2) is 0 Å². The molecule has 0 bridgehead atoms. The molecule has 7 heteroatoms.